The Kier molecular flexibility index (Phi) is 11.6. The first-order valence-electron chi connectivity index (χ1n) is 25.4. The molecule has 0 saturated heterocycles. The molecule has 2 heteroatoms. The Morgan fingerprint density at radius 2 is 0.459 bits per heavy atom. The summed E-state index contributed by atoms with van der Waals surface area (Å²) in [6.07, 6.45) is 0. The summed E-state index contributed by atoms with van der Waals surface area (Å²) >= 11 is 0. The number of rotatable bonds is 11. The molecule has 0 aliphatic carbocycles. The molecule has 1 aromatic heterocycles. The second-order valence-electron chi connectivity index (χ2n) is 18.9. The predicted octanol–water partition coefficient (Wildman–Crippen LogP) is 19.9. The van der Waals surface area contributed by atoms with Crippen LogP contribution in [0.2, 0.25) is 0 Å². The molecule has 74 heavy (non-hydrogen) atoms. The smallest absolute Gasteiger partial charge is 0.0541 e. The van der Waals surface area contributed by atoms with Gasteiger partial charge in [-0.25, -0.2) is 0 Å². The van der Waals surface area contributed by atoms with Gasteiger partial charge in [-0.15, -0.1) is 0 Å². The minimum Gasteiger partial charge on any atom is -0.311 e. The van der Waals surface area contributed by atoms with Crippen LogP contribution in [-0.4, -0.2) is 4.57 Å². The Labute approximate surface area is 433 Å². The Hall–Kier alpha value is -9.76. The fraction of sp³-hybridized carbons (Fsp3) is 0. The van der Waals surface area contributed by atoms with Crippen molar-refractivity contribution in [1.82, 2.24) is 4.57 Å². The Morgan fingerprint density at radius 3 is 0.811 bits per heavy atom. The van der Waals surface area contributed by atoms with Crippen molar-refractivity contribution in [3.8, 4) is 83.6 Å². The normalized spacial score (nSPS) is 11.2. The average Bonchev–Trinajstić information content (AvgIpc) is 3.82. The first-order valence-corrected chi connectivity index (χ1v) is 25.4. The molecular formula is C72H50N2. The van der Waals surface area contributed by atoms with Gasteiger partial charge in [0.25, 0.3) is 0 Å². The molecule has 0 radical (unpaired) electrons. The molecule has 0 saturated carbocycles. The molecule has 0 amide bonds. The van der Waals surface area contributed by atoms with E-state index in [0.29, 0.717) is 0 Å². The van der Waals surface area contributed by atoms with Crippen LogP contribution in [-0.2, 0) is 0 Å². The number of para-hydroxylation sites is 1. The maximum absolute atomic E-state index is 2.45. The molecule has 13 rings (SSSR count). The van der Waals surface area contributed by atoms with E-state index in [2.05, 4.69) is 313 Å². The van der Waals surface area contributed by atoms with Crippen LogP contribution in [0.1, 0.15) is 0 Å². The summed E-state index contributed by atoms with van der Waals surface area (Å²) in [7, 11) is 0. The molecule has 13 aromatic rings. The minimum absolute atomic E-state index is 1.09. The number of anilines is 3. The number of fused-ring (bicyclic) bond motifs is 3. The van der Waals surface area contributed by atoms with Crippen molar-refractivity contribution in [2.75, 3.05) is 4.90 Å². The predicted molar refractivity (Wildman–Crippen MR) is 314 cm³/mol. The quantitative estimate of drug-likeness (QED) is 0.125. The fourth-order valence-electron chi connectivity index (χ4n) is 10.6. The summed E-state index contributed by atoms with van der Waals surface area (Å²) in [5.41, 5.74) is 23.5. The molecule has 0 spiro atoms. The van der Waals surface area contributed by atoms with E-state index in [1.54, 1.807) is 0 Å². The van der Waals surface area contributed by atoms with Gasteiger partial charge in [-0.1, -0.05) is 237 Å². The lowest BCUT2D eigenvalue weighted by Gasteiger charge is -2.26. The molecule has 0 N–H and O–H groups in total. The lowest BCUT2D eigenvalue weighted by Crippen LogP contribution is -2.09. The molecule has 0 bridgehead atoms. The lowest BCUT2D eigenvalue weighted by molar-refractivity contribution is 1.18. The highest BCUT2D eigenvalue weighted by Gasteiger charge is 2.19. The minimum atomic E-state index is 1.09. The average molecular weight is 943 g/mol. The van der Waals surface area contributed by atoms with Gasteiger partial charge in [-0.3, -0.25) is 0 Å². The van der Waals surface area contributed by atoms with Gasteiger partial charge in [0.05, 0.1) is 16.7 Å². The highest BCUT2D eigenvalue weighted by Crippen LogP contribution is 2.42. The monoisotopic (exact) mass is 942 g/mol. The van der Waals surface area contributed by atoms with Crippen LogP contribution in [0.15, 0.2) is 303 Å². The molecule has 0 aliphatic rings. The lowest BCUT2D eigenvalue weighted by atomic mass is 9.98. The summed E-state index contributed by atoms with van der Waals surface area (Å²) in [5, 5.41) is 2.47. The molecule has 0 aliphatic heterocycles. The van der Waals surface area contributed by atoms with Crippen LogP contribution in [0, 0.1) is 0 Å². The van der Waals surface area contributed by atoms with Crippen LogP contribution in [0.4, 0.5) is 17.1 Å². The first kappa shape index (κ1) is 44.2. The molecule has 348 valence electrons. The van der Waals surface area contributed by atoms with Crippen LogP contribution in [0.3, 0.4) is 0 Å². The number of hydrogen-bond acceptors (Lipinski definition) is 1. The summed E-state index contributed by atoms with van der Waals surface area (Å²) in [4.78, 5) is 2.35. The number of benzene rings is 12. The molecule has 1 heterocycles. The number of nitrogens with zero attached hydrogens (tertiary/aromatic N) is 2. The molecule has 2 nitrogen and oxygen atoms in total. The van der Waals surface area contributed by atoms with E-state index < -0.39 is 0 Å². The van der Waals surface area contributed by atoms with Gasteiger partial charge < -0.3 is 9.47 Å². The van der Waals surface area contributed by atoms with Gasteiger partial charge in [-0.2, -0.15) is 0 Å². The molecule has 0 fully saturated rings. The third-order valence-corrected chi connectivity index (χ3v) is 14.5. The maximum Gasteiger partial charge on any atom is 0.0541 e. The van der Waals surface area contributed by atoms with E-state index in [0.717, 1.165) is 33.9 Å². The van der Waals surface area contributed by atoms with Crippen LogP contribution in [0.5, 0.6) is 0 Å². The van der Waals surface area contributed by atoms with Crippen LogP contribution >= 0.6 is 0 Å². The second kappa shape index (κ2) is 19.4. The van der Waals surface area contributed by atoms with Crippen molar-refractivity contribution < 1.29 is 0 Å². The van der Waals surface area contributed by atoms with Gasteiger partial charge in [0, 0.05) is 33.4 Å². The van der Waals surface area contributed by atoms with Crippen LogP contribution < -0.4 is 4.90 Å². The number of hydrogen-bond donors (Lipinski definition) is 0. The van der Waals surface area contributed by atoms with Crippen molar-refractivity contribution in [2.45, 2.75) is 0 Å². The zero-order chi connectivity index (χ0) is 49.2. The number of aromatic nitrogens is 1. The molecule has 12 aromatic carbocycles. The van der Waals surface area contributed by atoms with Crippen molar-refractivity contribution in [2.24, 2.45) is 0 Å². The van der Waals surface area contributed by atoms with Crippen molar-refractivity contribution in [3.63, 3.8) is 0 Å². The highest BCUT2D eigenvalue weighted by molar-refractivity contribution is 6.12. The zero-order valence-electron chi connectivity index (χ0n) is 40.8. The third-order valence-electron chi connectivity index (χ3n) is 14.5. The van der Waals surface area contributed by atoms with Gasteiger partial charge >= 0.3 is 0 Å². The second-order valence-corrected chi connectivity index (χ2v) is 18.9. The van der Waals surface area contributed by atoms with Crippen LogP contribution in [0.25, 0.3) is 105 Å². The highest BCUT2D eigenvalue weighted by atomic mass is 15.1. The molecule has 0 unspecified atom stereocenters. The largest absolute Gasteiger partial charge is 0.311 e. The summed E-state index contributed by atoms with van der Waals surface area (Å²) < 4.78 is 2.45. The zero-order valence-corrected chi connectivity index (χ0v) is 40.8. The van der Waals surface area contributed by atoms with Gasteiger partial charge in [0.2, 0.25) is 0 Å². The molecular weight excluding hydrogens is 893 g/mol. The first-order chi connectivity index (χ1) is 36.7. The topological polar surface area (TPSA) is 8.17 Å². The Balaban J connectivity index is 0.825. The summed E-state index contributed by atoms with van der Waals surface area (Å²) in [6.45, 7) is 0. The van der Waals surface area contributed by atoms with E-state index in [-0.39, 0.29) is 0 Å². The van der Waals surface area contributed by atoms with Gasteiger partial charge in [0.1, 0.15) is 0 Å². The summed E-state index contributed by atoms with van der Waals surface area (Å²) in [5.74, 6) is 0. The summed E-state index contributed by atoms with van der Waals surface area (Å²) in [6, 6.07) is 110. The Bertz CT molecular complexity index is 3940. The molecule has 0 atom stereocenters. The fourth-order valence-corrected chi connectivity index (χ4v) is 10.6. The van der Waals surface area contributed by atoms with Gasteiger partial charge in [0.15, 0.2) is 0 Å². The SMILES string of the molecule is c1ccc(-c2ccc(-c3ccc(N(c4ccc(-c5ccccc5)cc4)c4ccc(-c5ccc(-c6ccccc6-n6c7ccc(-c8ccccc8)cc7c7cc(-c8ccccc8)ccc76)cc5)cc4)cc3)cc2)cc1. The standard InChI is InChI=1S/C72H50N2/c1-5-15-51(16-6-1)55-25-27-56(28-26-55)59-35-43-65(44-36-59)73(64-41-33-58(34-42-64)52-17-7-2-8-18-52)66-45-37-60(38-46-66)57-29-31-61(32-30-57)67-23-13-14-24-70(67)74-71-47-39-62(53-19-9-3-10-20-53)49-68(71)69-50-63(40-48-72(69)74)54-21-11-4-12-22-54/h1-50H. The van der Waals surface area contributed by atoms with Gasteiger partial charge in [-0.05, 0) is 139 Å². The van der Waals surface area contributed by atoms with Crippen molar-refractivity contribution >= 4 is 38.9 Å². The maximum atomic E-state index is 2.45. The van der Waals surface area contributed by atoms with E-state index >= 15 is 0 Å². The third kappa shape index (κ3) is 8.55. The van der Waals surface area contributed by atoms with E-state index in [9.17, 15) is 0 Å². The van der Waals surface area contributed by atoms with Crippen molar-refractivity contribution in [1.29, 1.82) is 0 Å². The van der Waals surface area contributed by atoms with E-state index in [4.69, 9.17) is 0 Å². The Morgan fingerprint density at radius 1 is 0.203 bits per heavy atom. The van der Waals surface area contributed by atoms with E-state index in [1.165, 1.54) is 88.6 Å². The van der Waals surface area contributed by atoms with Crippen molar-refractivity contribution in [3.05, 3.63) is 303 Å². The van der Waals surface area contributed by atoms with E-state index in [1.807, 2.05) is 0 Å².